The zero-order valence-electron chi connectivity index (χ0n) is 8.96. The number of rotatable bonds is 2. The van der Waals surface area contributed by atoms with Gasteiger partial charge in [0, 0.05) is 12.1 Å². The Kier molecular flexibility index (Phi) is 3.54. The van der Waals surface area contributed by atoms with Crippen LogP contribution in [0.25, 0.3) is 0 Å². The molecule has 1 aromatic carbocycles. The Bertz CT molecular complexity index is 375. The number of nitrogens with one attached hydrogen (secondary N) is 1. The van der Waals surface area contributed by atoms with Gasteiger partial charge in [0.1, 0.15) is 5.75 Å². The molecule has 1 fully saturated rings. The molecule has 1 aliphatic heterocycles. The Hall–Kier alpha value is -1.27. The Morgan fingerprint density at radius 2 is 2.06 bits per heavy atom. The van der Waals surface area contributed by atoms with Gasteiger partial charge in [0.05, 0.1) is 19.3 Å². The van der Waals surface area contributed by atoms with Crippen molar-refractivity contribution in [3.05, 3.63) is 29.8 Å². The van der Waals surface area contributed by atoms with Gasteiger partial charge in [-0.3, -0.25) is 0 Å². The summed E-state index contributed by atoms with van der Waals surface area (Å²) in [6.45, 7) is 1.53. The average molecular weight is 247 g/mol. The number of ether oxygens (including phenoxy) is 2. The van der Waals surface area contributed by atoms with Crippen molar-refractivity contribution in [3.8, 4) is 5.75 Å². The molecule has 0 unspecified atom stereocenters. The van der Waals surface area contributed by atoms with E-state index in [4.69, 9.17) is 4.74 Å². The zero-order valence-corrected chi connectivity index (χ0v) is 8.96. The van der Waals surface area contributed by atoms with Gasteiger partial charge in [-0.25, -0.2) is 0 Å². The molecule has 1 atom stereocenters. The standard InChI is InChI=1S/C11H12F3NO2/c12-11(13,14)17-10-4-2-1-3-8(10)9-7-16-6-5-15-9/h1-4,9,15H,5-7H2/t9-/m0/s1. The molecule has 0 saturated carbocycles. The molecule has 0 amide bonds. The second kappa shape index (κ2) is 4.93. The predicted octanol–water partition coefficient (Wildman–Crippen LogP) is 2.25. The van der Waals surface area contributed by atoms with Crippen molar-refractivity contribution in [1.82, 2.24) is 5.32 Å². The van der Waals surface area contributed by atoms with Crippen molar-refractivity contribution >= 4 is 0 Å². The van der Waals surface area contributed by atoms with E-state index in [-0.39, 0.29) is 11.8 Å². The molecule has 6 heteroatoms. The molecule has 0 aliphatic carbocycles. The molecular weight excluding hydrogens is 235 g/mol. The van der Waals surface area contributed by atoms with Gasteiger partial charge in [-0.2, -0.15) is 0 Å². The lowest BCUT2D eigenvalue weighted by atomic mass is 10.1. The monoisotopic (exact) mass is 247 g/mol. The third kappa shape index (κ3) is 3.34. The summed E-state index contributed by atoms with van der Waals surface area (Å²) in [5.41, 5.74) is 0.463. The molecule has 0 spiro atoms. The summed E-state index contributed by atoms with van der Waals surface area (Å²) >= 11 is 0. The number of halogens is 3. The predicted molar refractivity (Wildman–Crippen MR) is 54.7 cm³/mol. The van der Waals surface area contributed by atoms with Crippen LogP contribution in [-0.4, -0.2) is 26.1 Å². The Labute approximate surface area is 96.5 Å². The summed E-state index contributed by atoms with van der Waals surface area (Å²) in [6.07, 6.45) is -4.67. The number of morpholine rings is 1. The van der Waals surface area contributed by atoms with Crippen LogP contribution in [0.5, 0.6) is 5.75 Å². The average Bonchev–Trinajstić information content (AvgIpc) is 2.29. The molecule has 0 aromatic heterocycles. The highest BCUT2D eigenvalue weighted by molar-refractivity contribution is 5.36. The molecule has 1 N–H and O–H groups in total. The first-order valence-corrected chi connectivity index (χ1v) is 5.22. The largest absolute Gasteiger partial charge is 0.573 e. The molecule has 1 heterocycles. The molecule has 17 heavy (non-hydrogen) atoms. The molecule has 3 nitrogen and oxygen atoms in total. The third-order valence-electron chi connectivity index (χ3n) is 2.44. The normalized spacial score (nSPS) is 21.2. The van der Waals surface area contributed by atoms with E-state index in [0.29, 0.717) is 25.3 Å². The van der Waals surface area contributed by atoms with Gasteiger partial charge in [-0.15, -0.1) is 13.2 Å². The smallest absolute Gasteiger partial charge is 0.405 e. The van der Waals surface area contributed by atoms with Gasteiger partial charge in [0.25, 0.3) is 0 Å². The first-order chi connectivity index (χ1) is 8.06. The molecule has 0 radical (unpaired) electrons. The van der Waals surface area contributed by atoms with Crippen LogP contribution in [0.1, 0.15) is 11.6 Å². The van der Waals surface area contributed by atoms with E-state index in [0.717, 1.165) is 0 Å². The fourth-order valence-electron chi connectivity index (χ4n) is 1.75. The van der Waals surface area contributed by atoms with E-state index in [9.17, 15) is 13.2 Å². The van der Waals surface area contributed by atoms with Crippen LogP contribution in [0, 0.1) is 0 Å². The van der Waals surface area contributed by atoms with Crippen LogP contribution in [-0.2, 0) is 4.74 Å². The van der Waals surface area contributed by atoms with Crippen molar-refractivity contribution < 1.29 is 22.6 Å². The topological polar surface area (TPSA) is 30.5 Å². The van der Waals surface area contributed by atoms with Crippen LogP contribution in [0.2, 0.25) is 0 Å². The van der Waals surface area contributed by atoms with Crippen molar-refractivity contribution in [3.63, 3.8) is 0 Å². The zero-order chi connectivity index (χ0) is 12.3. The number of benzene rings is 1. The fourth-order valence-corrected chi connectivity index (χ4v) is 1.75. The molecule has 94 valence electrons. The van der Waals surface area contributed by atoms with Crippen LogP contribution >= 0.6 is 0 Å². The first kappa shape index (κ1) is 12.2. The second-order valence-electron chi connectivity index (χ2n) is 3.67. The highest BCUT2D eigenvalue weighted by atomic mass is 19.4. The fraction of sp³-hybridized carbons (Fsp3) is 0.455. The summed E-state index contributed by atoms with van der Waals surface area (Å²) < 4.78 is 45.9. The van der Waals surface area contributed by atoms with Crippen LogP contribution in [0.3, 0.4) is 0 Å². The van der Waals surface area contributed by atoms with Gasteiger partial charge in [-0.1, -0.05) is 18.2 Å². The quantitative estimate of drug-likeness (QED) is 0.869. The van der Waals surface area contributed by atoms with E-state index >= 15 is 0 Å². The van der Waals surface area contributed by atoms with Gasteiger partial charge in [-0.05, 0) is 6.07 Å². The Balaban J connectivity index is 2.20. The lowest BCUT2D eigenvalue weighted by Gasteiger charge is -2.26. The minimum atomic E-state index is -4.67. The van der Waals surface area contributed by atoms with Gasteiger partial charge in [0.15, 0.2) is 0 Å². The van der Waals surface area contributed by atoms with E-state index < -0.39 is 6.36 Å². The van der Waals surface area contributed by atoms with Crippen molar-refractivity contribution in [2.24, 2.45) is 0 Å². The Morgan fingerprint density at radius 1 is 1.29 bits per heavy atom. The van der Waals surface area contributed by atoms with E-state index in [2.05, 4.69) is 10.1 Å². The Morgan fingerprint density at radius 3 is 2.71 bits per heavy atom. The molecule has 0 bridgehead atoms. The summed E-state index contributed by atoms with van der Waals surface area (Å²) in [6, 6.07) is 5.83. The summed E-state index contributed by atoms with van der Waals surface area (Å²) in [5.74, 6) is -0.178. The molecule has 2 rings (SSSR count). The van der Waals surface area contributed by atoms with Gasteiger partial charge < -0.3 is 14.8 Å². The maximum absolute atomic E-state index is 12.2. The van der Waals surface area contributed by atoms with Crippen molar-refractivity contribution in [1.29, 1.82) is 0 Å². The SMILES string of the molecule is FC(F)(F)Oc1ccccc1[C@@H]1COCCN1. The van der Waals surface area contributed by atoms with E-state index in [1.54, 1.807) is 12.1 Å². The minimum Gasteiger partial charge on any atom is -0.405 e. The first-order valence-electron chi connectivity index (χ1n) is 5.22. The van der Waals surface area contributed by atoms with Gasteiger partial charge in [0.2, 0.25) is 0 Å². The number of hydrogen-bond donors (Lipinski definition) is 1. The minimum absolute atomic E-state index is 0.178. The number of para-hydroxylation sites is 1. The summed E-state index contributed by atoms with van der Waals surface area (Å²) in [4.78, 5) is 0. The molecule has 1 aliphatic rings. The number of hydrogen-bond acceptors (Lipinski definition) is 3. The van der Waals surface area contributed by atoms with Gasteiger partial charge >= 0.3 is 6.36 Å². The van der Waals surface area contributed by atoms with Crippen LogP contribution in [0.15, 0.2) is 24.3 Å². The van der Waals surface area contributed by atoms with E-state index in [1.165, 1.54) is 12.1 Å². The second-order valence-corrected chi connectivity index (χ2v) is 3.67. The third-order valence-corrected chi connectivity index (χ3v) is 2.44. The summed E-state index contributed by atoms with van der Waals surface area (Å²) in [7, 11) is 0. The maximum Gasteiger partial charge on any atom is 0.573 e. The van der Waals surface area contributed by atoms with Crippen LogP contribution in [0.4, 0.5) is 13.2 Å². The lowest BCUT2D eigenvalue weighted by molar-refractivity contribution is -0.275. The van der Waals surface area contributed by atoms with Crippen molar-refractivity contribution in [2.75, 3.05) is 19.8 Å². The molecule has 1 saturated heterocycles. The maximum atomic E-state index is 12.2. The van der Waals surface area contributed by atoms with E-state index in [1.807, 2.05) is 0 Å². The number of alkyl halides is 3. The van der Waals surface area contributed by atoms with Crippen molar-refractivity contribution in [2.45, 2.75) is 12.4 Å². The lowest BCUT2D eigenvalue weighted by Crippen LogP contribution is -2.35. The highest BCUT2D eigenvalue weighted by Gasteiger charge is 2.33. The molecular formula is C11H12F3NO2. The summed E-state index contributed by atoms with van der Waals surface area (Å²) in [5, 5.41) is 3.09. The highest BCUT2D eigenvalue weighted by Crippen LogP contribution is 2.30. The van der Waals surface area contributed by atoms with Crippen LogP contribution < -0.4 is 10.1 Å². The molecule has 1 aromatic rings.